The van der Waals surface area contributed by atoms with E-state index in [0.717, 1.165) is 0 Å². The number of carbonyl (C=O) groups excluding carboxylic acids is 1. The summed E-state index contributed by atoms with van der Waals surface area (Å²) in [6, 6.07) is 15.7. The van der Waals surface area contributed by atoms with Crippen molar-refractivity contribution in [3.05, 3.63) is 65.7 Å². The van der Waals surface area contributed by atoms with E-state index in [4.69, 9.17) is 4.74 Å². The maximum Gasteiger partial charge on any atom is 0.343 e. The first-order chi connectivity index (χ1) is 9.70. The number of likely N-dealkylation sites (N-methyl/N-ethyl adjacent to an activating group) is 1. The molecular formula is C16H17NO3. The van der Waals surface area contributed by atoms with Crippen LogP contribution in [0.1, 0.15) is 22.0 Å². The molecule has 0 aliphatic heterocycles. The molecule has 0 aromatic heterocycles. The molecule has 104 valence electrons. The van der Waals surface area contributed by atoms with Crippen molar-refractivity contribution in [2.45, 2.75) is 6.10 Å². The van der Waals surface area contributed by atoms with Gasteiger partial charge in [0.25, 0.3) is 0 Å². The van der Waals surface area contributed by atoms with E-state index in [9.17, 15) is 9.90 Å². The van der Waals surface area contributed by atoms with Crippen LogP contribution in [-0.2, 0) is 0 Å². The van der Waals surface area contributed by atoms with Crippen molar-refractivity contribution in [3.8, 4) is 5.75 Å². The summed E-state index contributed by atoms with van der Waals surface area (Å²) in [6.07, 6.45) is -0.629. The van der Waals surface area contributed by atoms with Gasteiger partial charge in [-0.1, -0.05) is 30.3 Å². The molecule has 0 radical (unpaired) electrons. The standard InChI is InChI=1S/C16H17NO3/c1-17-11-15(18)13-8-5-9-14(10-13)20-16(19)12-6-3-2-4-7-12/h2-10,15,17-18H,11H2,1H3. The van der Waals surface area contributed by atoms with Gasteiger partial charge in [0.05, 0.1) is 11.7 Å². The molecule has 1 unspecified atom stereocenters. The van der Waals surface area contributed by atoms with Crippen molar-refractivity contribution in [1.82, 2.24) is 5.32 Å². The molecular weight excluding hydrogens is 254 g/mol. The van der Waals surface area contributed by atoms with E-state index in [1.807, 2.05) is 6.07 Å². The number of nitrogens with one attached hydrogen (secondary N) is 1. The summed E-state index contributed by atoms with van der Waals surface area (Å²) in [5, 5.41) is 12.8. The molecule has 1 atom stereocenters. The lowest BCUT2D eigenvalue weighted by molar-refractivity contribution is 0.0734. The number of aliphatic hydroxyl groups is 1. The molecule has 0 bridgehead atoms. The van der Waals surface area contributed by atoms with Gasteiger partial charge in [0.2, 0.25) is 0 Å². The highest BCUT2D eigenvalue weighted by molar-refractivity contribution is 5.90. The van der Waals surface area contributed by atoms with Crippen LogP contribution in [-0.4, -0.2) is 24.7 Å². The minimum atomic E-state index is -0.629. The van der Waals surface area contributed by atoms with Crippen LogP contribution in [0.3, 0.4) is 0 Å². The quantitative estimate of drug-likeness (QED) is 0.646. The fraction of sp³-hybridized carbons (Fsp3) is 0.188. The molecule has 0 spiro atoms. The summed E-state index contributed by atoms with van der Waals surface area (Å²) in [4.78, 5) is 11.9. The molecule has 0 fully saturated rings. The first-order valence-electron chi connectivity index (χ1n) is 6.40. The second kappa shape index (κ2) is 6.84. The van der Waals surface area contributed by atoms with Crippen LogP contribution < -0.4 is 10.1 Å². The van der Waals surface area contributed by atoms with Crippen molar-refractivity contribution < 1.29 is 14.6 Å². The Kier molecular flexibility index (Phi) is 4.87. The zero-order valence-electron chi connectivity index (χ0n) is 11.2. The van der Waals surface area contributed by atoms with Gasteiger partial charge in [0.15, 0.2) is 0 Å². The highest BCUT2D eigenvalue weighted by Crippen LogP contribution is 2.20. The molecule has 2 aromatic carbocycles. The molecule has 0 aliphatic carbocycles. The van der Waals surface area contributed by atoms with Gasteiger partial charge in [-0.3, -0.25) is 0 Å². The average Bonchev–Trinajstić information content (AvgIpc) is 2.48. The molecule has 0 saturated heterocycles. The van der Waals surface area contributed by atoms with E-state index in [2.05, 4.69) is 5.32 Å². The van der Waals surface area contributed by atoms with Crippen molar-refractivity contribution >= 4 is 5.97 Å². The summed E-state index contributed by atoms with van der Waals surface area (Å²) in [5.74, 6) is 0.0114. The average molecular weight is 271 g/mol. The monoisotopic (exact) mass is 271 g/mol. The van der Waals surface area contributed by atoms with E-state index >= 15 is 0 Å². The van der Waals surface area contributed by atoms with Crippen molar-refractivity contribution in [2.75, 3.05) is 13.6 Å². The summed E-state index contributed by atoms with van der Waals surface area (Å²) < 4.78 is 5.30. The van der Waals surface area contributed by atoms with Gasteiger partial charge in [-0.2, -0.15) is 0 Å². The number of esters is 1. The van der Waals surface area contributed by atoms with Gasteiger partial charge >= 0.3 is 5.97 Å². The van der Waals surface area contributed by atoms with Crippen LogP contribution in [0.5, 0.6) is 5.75 Å². The van der Waals surface area contributed by atoms with Crippen LogP contribution in [0.4, 0.5) is 0 Å². The highest BCUT2D eigenvalue weighted by Gasteiger charge is 2.10. The fourth-order valence-corrected chi connectivity index (χ4v) is 1.84. The molecule has 2 rings (SSSR count). The van der Waals surface area contributed by atoms with E-state index in [1.54, 1.807) is 55.6 Å². The Morgan fingerprint density at radius 3 is 2.65 bits per heavy atom. The first kappa shape index (κ1) is 14.2. The zero-order valence-corrected chi connectivity index (χ0v) is 11.2. The van der Waals surface area contributed by atoms with Gasteiger partial charge in [-0.05, 0) is 36.9 Å². The third-order valence-electron chi connectivity index (χ3n) is 2.86. The smallest absolute Gasteiger partial charge is 0.343 e. The van der Waals surface area contributed by atoms with Crippen LogP contribution in [0, 0.1) is 0 Å². The van der Waals surface area contributed by atoms with Gasteiger partial charge < -0.3 is 15.2 Å². The molecule has 0 aliphatic rings. The molecule has 2 N–H and O–H groups in total. The van der Waals surface area contributed by atoms with Gasteiger partial charge in [0, 0.05) is 6.54 Å². The number of rotatable bonds is 5. The van der Waals surface area contributed by atoms with Crippen molar-refractivity contribution in [2.24, 2.45) is 0 Å². The normalized spacial score (nSPS) is 11.9. The summed E-state index contributed by atoms with van der Waals surface area (Å²) in [6.45, 7) is 0.441. The third kappa shape index (κ3) is 3.66. The van der Waals surface area contributed by atoms with E-state index < -0.39 is 12.1 Å². The number of hydrogen-bond donors (Lipinski definition) is 2. The minimum Gasteiger partial charge on any atom is -0.423 e. The Bertz CT molecular complexity index is 569. The van der Waals surface area contributed by atoms with E-state index in [-0.39, 0.29) is 0 Å². The molecule has 4 heteroatoms. The van der Waals surface area contributed by atoms with Crippen molar-refractivity contribution in [1.29, 1.82) is 0 Å². The molecule has 4 nitrogen and oxygen atoms in total. The number of carbonyl (C=O) groups is 1. The predicted octanol–water partition coefficient (Wildman–Crippen LogP) is 2.16. The van der Waals surface area contributed by atoms with Crippen LogP contribution in [0.2, 0.25) is 0 Å². The molecule has 0 amide bonds. The Hall–Kier alpha value is -2.17. The van der Waals surface area contributed by atoms with E-state index in [0.29, 0.717) is 23.4 Å². The number of ether oxygens (including phenoxy) is 1. The lowest BCUT2D eigenvalue weighted by Crippen LogP contribution is -2.16. The van der Waals surface area contributed by atoms with Crippen molar-refractivity contribution in [3.63, 3.8) is 0 Å². The Labute approximate surface area is 118 Å². The fourth-order valence-electron chi connectivity index (χ4n) is 1.84. The van der Waals surface area contributed by atoms with Gasteiger partial charge in [-0.25, -0.2) is 4.79 Å². The molecule has 2 aromatic rings. The highest BCUT2D eigenvalue weighted by atomic mass is 16.5. The summed E-state index contributed by atoms with van der Waals surface area (Å²) >= 11 is 0. The summed E-state index contributed by atoms with van der Waals surface area (Å²) in [7, 11) is 1.77. The maximum absolute atomic E-state index is 11.9. The predicted molar refractivity (Wildman–Crippen MR) is 76.7 cm³/mol. The Morgan fingerprint density at radius 1 is 1.20 bits per heavy atom. The zero-order chi connectivity index (χ0) is 14.4. The number of aliphatic hydroxyl groups excluding tert-OH is 1. The number of benzene rings is 2. The van der Waals surface area contributed by atoms with Crippen LogP contribution in [0.25, 0.3) is 0 Å². The van der Waals surface area contributed by atoms with E-state index in [1.165, 1.54) is 0 Å². The lowest BCUT2D eigenvalue weighted by atomic mass is 10.1. The molecule has 0 saturated carbocycles. The summed E-state index contributed by atoms with van der Waals surface area (Å²) in [5.41, 5.74) is 1.20. The van der Waals surface area contributed by atoms with Crippen LogP contribution in [0.15, 0.2) is 54.6 Å². The van der Waals surface area contributed by atoms with Gasteiger partial charge in [-0.15, -0.1) is 0 Å². The Balaban J connectivity index is 2.10. The largest absolute Gasteiger partial charge is 0.423 e. The maximum atomic E-state index is 11.9. The third-order valence-corrected chi connectivity index (χ3v) is 2.86. The molecule has 0 heterocycles. The topological polar surface area (TPSA) is 58.6 Å². The van der Waals surface area contributed by atoms with Crippen LogP contribution >= 0.6 is 0 Å². The minimum absolute atomic E-state index is 0.411. The Morgan fingerprint density at radius 2 is 1.95 bits per heavy atom. The number of hydrogen-bond acceptors (Lipinski definition) is 4. The first-order valence-corrected chi connectivity index (χ1v) is 6.40. The molecule has 20 heavy (non-hydrogen) atoms. The van der Waals surface area contributed by atoms with Gasteiger partial charge in [0.1, 0.15) is 5.75 Å². The lowest BCUT2D eigenvalue weighted by Gasteiger charge is -2.11. The SMILES string of the molecule is CNCC(O)c1cccc(OC(=O)c2ccccc2)c1. The second-order valence-corrected chi connectivity index (χ2v) is 4.40. The second-order valence-electron chi connectivity index (χ2n) is 4.40.